The molecule has 0 bridgehead atoms. The van der Waals surface area contributed by atoms with Crippen LogP contribution in [0.25, 0.3) is 0 Å². The average molecular weight is 243 g/mol. The van der Waals surface area contributed by atoms with Gasteiger partial charge in [0.1, 0.15) is 0 Å². The summed E-state index contributed by atoms with van der Waals surface area (Å²) >= 11 is 3.40. The molecule has 0 fully saturated rings. The molecule has 0 amide bonds. The molecule has 1 heterocycles. The monoisotopic (exact) mass is 242 g/mol. The Balaban J connectivity index is 2.28. The van der Waals surface area contributed by atoms with E-state index in [9.17, 15) is 0 Å². The lowest BCUT2D eigenvalue weighted by Gasteiger charge is -2.02. The summed E-state index contributed by atoms with van der Waals surface area (Å²) in [5, 5.41) is 3.36. The van der Waals surface area contributed by atoms with E-state index in [1.165, 1.54) is 12.0 Å². The highest BCUT2D eigenvalue weighted by Gasteiger charge is 1.93. The van der Waals surface area contributed by atoms with Gasteiger partial charge in [-0.05, 0) is 53.5 Å². The minimum Gasteiger partial charge on any atom is -0.316 e. The first-order valence-electron chi connectivity index (χ1n) is 4.63. The maximum absolute atomic E-state index is 4.11. The molecule has 0 saturated heterocycles. The SMILES string of the molecule is CCCNCCc1cncc(Br)c1. The van der Waals surface area contributed by atoms with Gasteiger partial charge in [0.15, 0.2) is 0 Å². The molecule has 0 atom stereocenters. The van der Waals surface area contributed by atoms with Gasteiger partial charge in [-0.2, -0.15) is 0 Å². The molecule has 3 heteroatoms. The van der Waals surface area contributed by atoms with Crippen LogP contribution in [-0.2, 0) is 6.42 Å². The van der Waals surface area contributed by atoms with Crippen molar-refractivity contribution >= 4 is 15.9 Å². The fourth-order valence-electron chi connectivity index (χ4n) is 1.13. The predicted molar refractivity (Wildman–Crippen MR) is 58.8 cm³/mol. The van der Waals surface area contributed by atoms with Crippen molar-refractivity contribution in [1.29, 1.82) is 0 Å². The number of hydrogen-bond donors (Lipinski definition) is 1. The van der Waals surface area contributed by atoms with Gasteiger partial charge < -0.3 is 5.32 Å². The molecule has 2 nitrogen and oxygen atoms in total. The van der Waals surface area contributed by atoms with Crippen LogP contribution >= 0.6 is 15.9 Å². The van der Waals surface area contributed by atoms with Crippen molar-refractivity contribution < 1.29 is 0 Å². The van der Waals surface area contributed by atoms with E-state index in [0.717, 1.165) is 24.0 Å². The molecule has 0 aliphatic carbocycles. The van der Waals surface area contributed by atoms with Gasteiger partial charge >= 0.3 is 0 Å². The number of pyridine rings is 1. The number of aromatic nitrogens is 1. The zero-order chi connectivity index (χ0) is 9.52. The molecular formula is C10H15BrN2. The van der Waals surface area contributed by atoms with E-state index < -0.39 is 0 Å². The fourth-order valence-corrected chi connectivity index (χ4v) is 1.54. The summed E-state index contributed by atoms with van der Waals surface area (Å²) in [4.78, 5) is 4.11. The van der Waals surface area contributed by atoms with Crippen molar-refractivity contribution in [2.75, 3.05) is 13.1 Å². The Morgan fingerprint density at radius 2 is 2.23 bits per heavy atom. The number of nitrogens with one attached hydrogen (secondary N) is 1. The average Bonchev–Trinajstić information content (AvgIpc) is 2.13. The molecule has 0 saturated carbocycles. The van der Waals surface area contributed by atoms with Gasteiger partial charge in [-0.25, -0.2) is 0 Å². The predicted octanol–water partition coefficient (Wildman–Crippen LogP) is 2.39. The minimum absolute atomic E-state index is 1.03. The maximum atomic E-state index is 4.11. The zero-order valence-electron chi connectivity index (χ0n) is 7.89. The number of nitrogens with zero attached hydrogens (tertiary/aromatic N) is 1. The molecule has 1 aromatic rings. The van der Waals surface area contributed by atoms with Crippen molar-refractivity contribution in [2.45, 2.75) is 19.8 Å². The van der Waals surface area contributed by atoms with E-state index in [1.54, 1.807) is 0 Å². The van der Waals surface area contributed by atoms with E-state index in [2.05, 4.69) is 39.2 Å². The first-order valence-corrected chi connectivity index (χ1v) is 5.42. The van der Waals surface area contributed by atoms with Gasteiger partial charge in [0.2, 0.25) is 0 Å². The first kappa shape index (κ1) is 10.7. The standard InChI is InChI=1S/C10H15BrN2/c1-2-4-12-5-3-9-6-10(11)8-13-7-9/h6-8,12H,2-5H2,1H3. The number of hydrogen-bond acceptors (Lipinski definition) is 2. The van der Waals surface area contributed by atoms with E-state index in [0.29, 0.717) is 0 Å². The Morgan fingerprint density at radius 3 is 2.92 bits per heavy atom. The van der Waals surface area contributed by atoms with Crippen molar-refractivity contribution in [3.8, 4) is 0 Å². The second-order valence-electron chi connectivity index (χ2n) is 3.01. The van der Waals surface area contributed by atoms with Crippen LogP contribution < -0.4 is 5.32 Å². The van der Waals surface area contributed by atoms with E-state index >= 15 is 0 Å². The number of rotatable bonds is 5. The Morgan fingerprint density at radius 1 is 1.38 bits per heavy atom. The Labute approximate surface area is 87.9 Å². The summed E-state index contributed by atoms with van der Waals surface area (Å²) < 4.78 is 1.06. The second-order valence-corrected chi connectivity index (χ2v) is 3.93. The third kappa shape index (κ3) is 4.39. The van der Waals surface area contributed by atoms with Crippen molar-refractivity contribution in [2.24, 2.45) is 0 Å². The normalized spacial score (nSPS) is 10.3. The highest BCUT2D eigenvalue weighted by atomic mass is 79.9. The van der Waals surface area contributed by atoms with Crippen molar-refractivity contribution in [3.63, 3.8) is 0 Å². The molecular weight excluding hydrogens is 228 g/mol. The Bertz CT molecular complexity index is 250. The summed E-state index contributed by atoms with van der Waals surface area (Å²) in [6.45, 7) is 4.31. The highest BCUT2D eigenvalue weighted by Crippen LogP contribution is 2.09. The topological polar surface area (TPSA) is 24.9 Å². The highest BCUT2D eigenvalue weighted by molar-refractivity contribution is 9.10. The summed E-state index contributed by atoms with van der Waals surface area (Å²) in [6.07, 6.45) is 5.96. The molecule has 0 unspecified atom stereocenters. The smallest absolute Gasteiger partial charge is 0.0410 e. The summed E-state index contributed by atoms with van der Waals surface area (Å²) in [7, 11) is 0. The minimum atomic E-state index is 1.03. The molecule has 0 aliphatic rings. The van der Waals surface area contributed by atoms with Crippen LogP contribution in [0, 0.1) is 0 Å². The van der Waals surface area contributed by atoms with E-state index in [4.69, 9.17) is 0 Å². The lowest BCUT2D eigenvalue weighted by Crippen LogP contribution is -2.17. The third-order valence-electron chi connectivity index (χ3n) is 1.78. The lowest BCUT2D eigenvalue weighted by molar-refractivity contribution is 0.670. The Hall–Kier alpha value is -0.410. The molecule has 0 aromatic carbocycles. The van der Waals surface area contributed by atoms with Crippen molar-refractivity contribution in [3.05, 3.63) is 28.5 Å². The van der Waals surface area contributed by atoms with Crippen LogP contribution in [0.15, 0.2) is 22.9 Å². The molecule has 72 valence electrons. The number of halogens is 1. The van der Waals surface area contributed by atoms with E-state index in [1.807, 2.05) is 12.4 Å². The first-order chi connectivity index (χ1) is 6.33. The van der Waals surface area contributed by atoms with E-state index in [-0.39, 0.29) is 0 Å². The molecule has 0 aliphatic heterocycles. The maximum Gasteiger partial charge on any atom is 0.0410 e. The third-order valence-corrected chi connectivity index (χ3v) is 2.21. The van der Waals surface area contributed by atoms with Gasteiger partial charge in [0.05, 0.1) is 0 Å². The summed E-state index contributed by atoms with van der Waals surface area (Å²) in [5.41, 5.74) is 1.28. The molecule has 0 radical (unpaired) electrons. The molecule has 0 spiro atoms. The fraction of sp³-hybridized carbons (Fsp3) is 0.500. The quantitative estimate of drug-likeness (QED) is 0.803. The van der Waals surface area contributed by atoms with Gasteiger partial charge in [-0.1, -0.05) is 6.92 Å². The van der Waals surface area contributed by atoms with Crippen LogP contribution in [0.2, 0.25) is 0 Å². The molecule has 1 rings (SSSR count). The van der Waals surface area contributed by atoms with Crippen LogP contribution in [-0.4, -0.2) is 18.1 Å². The van der Waals surface area contributed by atoms with Gasteiger partial charge in [0, 0.05) is 16.9 Å². The van der Waals surface area contributed by atoms with Gasteiger partial charge in [0.25, 0.3) is 0 Å². The van der Waals surface area contributed by atoms with Crippen LogP contribution in [0.5, 0.6) is 0 Å². The van der Waals surface area contributed by atoms with Crippen LogP contribution in [0.1, 0.15) is 18.9 Å². The summed E-state index contributed by atoms with van der Waals surface area (Å²) in [5.74, 6) is 0. The summed E-state index contributed by atoms with van der Waals surface area (Å²) in [6, 6.07) is 2.11. The van der Waals surface area contributed by atoms with Gasteiger partial charge in [-0.15, -0.1) is 0 Å². The largest absolute Gasteiger partial charge is 0.316 e. The van der Waals surface area contributed by atoms with Crippen LogP contribution in [0.4, 0.5) is 0 Å². The van der Waals surface area contributed by atoms with Crippen LogP contribution in [0.3, 0.4) is 0 Å². The van der Waals surface area contributed by atoms with Gasteiger partial charge in [-0.3, -0.25) is 4.98 Å². The molecule has 1 aromatic heterocycles. The molecule has 1 N–H and O–H groups in total. The Kier molecular flexibility index (Phi) is 5.01. The molecule has 13 heavy (non-hydrogen) atoms. The lowest BCUT2D eigenvalue weighted by atomic mass is 10.2. The zero-order valence-corrected chi connectivity index (χ0v) is 9.47. The second kappa shape index (κ2) is 6.11. The van der Waals surface area contributed by atoms with Crippen molar-refractivity contribution in [1.82, 2.24) is 10.3 Å².